The monoisotopic (exact) mass is 325 g/mol. The van der Waals surface area contributed by atoms with E-state index >= 15 is 0 Å². The lowest BCUT2D eigenvalue weighted by molar-refractivity contribution is 0.0600. The maximum Gasteiger partial charge on any atom is 0.338 e. The molecule has 132 valence electrons. The number of hydrogen-bond donors (Lipinski definition) is 2. The van der Waals surface area contributed by atoms with Gasteiger partial charge in [0.2, 0.25) is 0 Å². The summed E-state index contributed by atoms with van der Waals surface area (Å²) in [6.07, 6.45) is 1.38. The Balaban J connectivity index is 0. The third-order valence-corrected chi connectivity index (χ3v) is 2.78. The van der Waals surface area contributed by atoms with Gasteiger partial charge in [-0.3, -0.25) is 4.79 Å². The number of rotatable bonds is 1. The van der Waals surface area contributed by atoms with Gasteiger partial charge in [0.15, 0.2) is 0 Å². The van der Waals surface area contributed by atoms with Gasteiger partial charge < -0.3 is 15.2 Å². The van der Waals surface area contributed by atoms with Gasteiger partial charge in [-0.25, -0.2) is 4.79 Å². The second-order valence-corrected chi connectivity index (χ2v) is 3.87. The van der Waals surface area contributed by atoms with E-state index in [-0.39, 0.29) is 17.2 Å². The molecule has 0 unspecified atom stereocenters. The summed E-state index contributed by atoms with van der Waals surface area (Å²) in [4.78, 5) is 23.1. The Bertz CT molecular complexity index is 484. The molecule has 23 heavy (non-hydrogen) atoms. The van der Waals surface area contributed by atoms with Gasteiger partial charge in [-0.05, 0) is 25.0 Å². The van der Waals surface area contributed by atoms with E-state index in [1.54, 1.807) is 0 Å². The van der Waals surface area contributed by atoms with Crippen LogP contribution in [0.15, 0.2) is 12.1 Å². The van der Waals surface area contributed by atoms with Gasteiger partial charge in [-0.15, -0.1) is 0 Å². The summed E-state index contributed by atoms with van der Waals surface area (Å²) in [5.41, 5.74) is 1.12. The fourth-order valence-corrected chi connectivity index (χ4v) is 1.92. The van der Waals surface area contributed by atoms with Crippen molar-refractivity contribution in [1.82, 2.24) is 5.32 Å². The Labute approximate surface area is 140 Å². The van der Waals surface area contributed by atoms with E-state index in [0.717, 1.165) is 6.42 Å². The number of methoxy groups -OCH3 is 1. The molecular formula is C18H31NO4. The number of carbonyl (C=O) groups is 2. The van der Waals surface area contributed by atoms with Crippen LogP contribution in [0.25, 0.3) is 0 Å². The molecule has 1 amide bonds. The molecule has 0 saturated carbocycles. The van der Waals surface area contributed by atoms with Crippen LogP contribution in [0.1, 0.15) is 74.2 Å². The van der Waals surface area contributed by atoms with Crippen molar-refractivity contribution in [2.45, 2.75) is 54.4 Å². The quantitative estimate of drug-likeness (QED) is 0.767. The molecule has 5 heteroatoms. The molecule has 0 saturated heterocycles. The first kappa shape index (κ1) is 23.2. The lowest BCUT2D eigenvalue weighted by Crippen LogP contribution is -2.23. The highest BCUT2D eigenvalue weighted by atomic mass is 16.5. The summed E-state index contributed by atoms with van der Waals surface area (Å²) < 4.78 is 4.57. The molecule has 2 rings (SSSR count). The van der Waals surface area contributed by atoms with Gasteiger partial charge in [-0.2, -0.15) is 0 Å². The SMILES string of the molecule is CC.CC.CC.COC(=O)c1cc(O)c2c(c1)C(=O)NCCC2. The molecule has 2 N–H and O–H groups in total. The maximum atomic E-state index is 11.7. The number of fused-ring (bicyclic) bond motifs is 1. The standard InChI is InChI=1S/C12H13NO4.3C2H6/c1-17-12(16)7-5-9-8(10(14)6-7)3-2-4-13-11(9)15;3*1-2/h5-6,14H,2-4H2,1H3,(H,13,15);3*1-2H3. The minimum atomic E-state index is -0.569. The molecule has 0 atom stereocenters. The summed E-state index contributed by atoms with van der Waals surface area (Å²) >= 11 is 0. The fourth-order valence-electron chi connectivity index (χ4n) is 1.92. The third-order valence-electron chi connectivity index (χ3n) is 2.78. The van der Waals surface area contributed by atoms with E-state index in [2.05, 4.69) is 10.1 Å². The molecule has 0 aliphatic carbocycles. The molecule has 1 aromatic rings. The molecule has 0 radical (unpaired) electrons. The zero-order chi connectivity index (χ0) is 18.4. The Kier molecular flexibility index (Phi) is 13.7. The van der Waals surface area contributed by atoms with Gasteiger partial charge in [0.25, 0.3) is 5.91 Å². The number of phenols is 1. The molecule has 0 aromatic heterocycles. The first-order valence-corrected chi connectivity index (χ1v) is 8.36. The minimum Gasteiger partial charge on any atom is -0.508 e. The topological polar surface area (TPSA) is 75.6 Å². The number of amides is 1. The van der Waals surface area contributed by atoms with Crippen LogP contribution in [0.5, 0.6) is 5.75 Å². The van der Waals surface area contributed by atoms with E-state index in [1.807, 2.05) is 41.5 Å². The molecule has 0 fully saturated rings. The Hall–Kier alpha value is -2.04. The third kappa shape index (κ3) is 6.72. The molecule has 0 bridgehead atoms. The highest BCUT2D eigenvalue weighted by Gasteiger charge is 2.21. The lowest BCUT2D eigenvalue weighted by atomic mass is 9.99. The van der Waals surface area contributed by atoms with Crippen molar-refractivity contribution in [1.29, 1.82) is 0 Å². The normalized spacial score (nSPS) is 11.5. The number of benzene rings is 1. The number of phenolic OH excluding ortho intramolecular Hbond substituents is 1. The van der Waals surface area contributed by atoms with Gasteiger partial charge in [0.1, 0.15) is 5.75 Å². The largest absolute Gasteiger partial charge is 0.508 e. The second-order valence-electron chi connectivity index (χ2n) is 3.87. The van der Waals surface area contributed by atoms with E-state index in [4.69, 9.17) is 0 Å². The number of carbonyl (C=O) groups excluding carboxylic acids is 2. The van der Waals surface area contributed by atoms with E-state index in [1.165, 1.54) is 19.2 Å². The summed E-state index contributed by atoms with van der Waals surface area (Å²) in [6.45, 7) is 12.6. The first-order valence-electron chi connectivity index (χ1n) is 8.36. The molecule has 5 nitrogen and oxygen atoms in total. The van der Waals surface area contributed by atoms with Crippen LogP contribution in [0.2, 0.25) is 0 Å². The van der Waals surface area contributed by atoms with Crippen LogP contribution in [0, 0.1) is 0 Å². The van der Waals surface area contributed by atoms with E-state index in [0.29, 0.717) is 24.1 Å². The summed E-state index contributed by atoms with van der Waals surface area (Å²) in [6, 6.07) is 2.80. The molecule has 1 heterocycles. The van der Waals surface area contributed by atoms with Crippen molar-refractivity contribution in [3.8, 4) is 5.75 Å². The fraction of sp³-hybridized carbons (Fsp3) is 0.556. The van der Waals surface area contributed by atoms with Crippen LogP contribution in [-0.4, -0.2) is 30.6 Å². The second kappa shape index (κ2) is 13.6. The van der Waals surface area contributed by atoms with Gasteiger partial charge in [-0.1, -0.05) is 41.5 Å². The van der Waals surface area contributed by atoms with Crippen LogP contribution in [0.4, 0.5) is 0 Å². The summed E-state index contributed by atoms with van der Waals surface area (Å²) in [5, 5.41) is 12.5. The zero-order valence-corrected chi connectivity index (χ0v) is 15.4. The Morgan fingerprint density at radius 1 is 1.13 bits per heavy atom. The Morgan fingerprint density at radius 3 is 2.22 bits per heavy atom. The molecule has 1 aromatic carbocycles. The highest BCUT2D eigenvalue weighted by Crippen LogP contribution is 2.26. The van der Waals surface area contributed by atoms with Crippen molar-refractivity contribution in [2.75, 3.05) is 13.7 Å². The van der Waals surface area contributed by atoms with Crippen LogP contribution >= 0.6 is 0 Å². The lowest BCUT2D eigenvalue weighted by Gasteiger charge is -2.09. The van der Waals surface area contributed by atoms with Crippen LogP contribution < -0.4 is 5.32 Å². The first-order chi connectivity index (χ1) is 11.1. The average molecular weight is 325 g/mol. The Morgan fingerprint density at radius 2 is 1.70 bits per heavy atom. The van der Waals surface area contributed by atoms with Crippen molar-refractivity contribution in [2.24, 2.45) is 0 Å². The van der Waals surface area contributed by atoms with Crippen molar-refractivity contribution >= 4 is 11.9 Å². The average Bonchev–Trinajstić information content (AvgIpc) is 2.81. The van der Waals surface area contributed by atoms with Crippen molar-refractivity contribution in [3.63, 3.8) is 0 Å². The van der Waals surface area contributed by atoms with Crippen LogP contribution in [0.3, 0.4) is 0 Å². The number of ether oxygens (including phenoxy) is 1. The van der Waals surface area contributed by atoms with E-state index in [9.17, 15) is 14.7 Å². The number of hydrogen-bond acceptors (Lipinski definition) is 4. The van der Waals surface area contributed by atoms with E-state index < -0.39 is 5.97 Å². The maximum absolute atomic E-state index is 11.7. The predicted octanol–water partition coefficient (Wildman–Crippen LogP) is 3.93. The smallest absolute Gasteiger partial charge is 0.338 e. The molecule has 0 spiro atoms. The van der Waals surface area contributed by atoms with Gasteiger partial charge in [0.05, 0.1) is 12.7 Å². The van der Waals surface area contributed by atoms with Gasteiger partial charge >= 0.3 is 5.97 Å². The predicted molar refractivity (Wildman–Crippen MR) is 94.1 cm³/mol. The van der Waals surface area contributed by atoms with Crippen molar-refractivity contribution in [3.05, 3.63) is 28.8 Å². The number of aromatic hydroxyl groups is 1. The molecular weight excluding hydrogens is 294 g/mol. The van der Waals surface area contributed by atoms with Crippen LogP contribution in [-0.2, 0) is 11.2 Å². The number of nitrogens with one attached hydrogen (secondary N) is 1. The molecule has 1 aliphatic heterocycles. The zero-order valence-electron chi connectivity index (χ0n) is 15.4. The minimum absolute atomic E-state index is 0.0278. The number of esters is 1. The van der Waals surface area contributed by atoms with Crippen molar-refractivity contribution < 1.29 is 19.4 Å². The summed E-state index contributed by atoms with van der Waals surface area (Å²) in [5.74, 6) is -0.862. The van der Waals surface area contributed by atoms with Gasteiger partial charge in [0, 0.05) is 17.7 Å². The highest BCUT2D eigenvalue weighted by molar-refractivity contribution is 6.00. The molecule has 1 aliphatic rings. The summed E-state index contributed by atoms with van der Waals surface area (Å²) in [7, 11) is 1.26.